The summed E-state index contributed by atoms with van der Waals surface area (Å²) in [6.07, 6.45) is 3.75. The van der Waals surface area contributed by atoms with E-state index in [2.05, 4.69) is 29.4 Å². The van der Waals surface area contributed by atoms with Crippen molar-refractivity contribution in [2.45, 2.75) is 50.5 Å². The van der Waals surface area contributed by atoms with Gasteiger partial charge in [-0.05, 0) is 30.4 Å². The van der Waals surface area contributed by atoms with Crippen molar-refractivity contribution in [2.24, 2.45) is 0 Å². The molecule has 1 atom stereocenters. The lowest BCUT2D eigenvalue weighted by molar-refractivity contribution is -0.0394. The molecule has 5 nitrogen and oxygen atoms in total. The normalized spacial score (nSPS) is 23.8. The molecule has 1 aromatic heterocycles. The maximum absolute atomic E-state index is 13.0. The van der Waals surface area contributed by atoms with E-state index in [4.69, 9.17) is 4.74 Å². The van der Waals surface area contributed by atoms with Gasteiger partial charge >= 0.3 is 5.69 Å². The van der Waals surface area contributed by atoms with E-state index in [-0.39, 0.29) is 23.9 Å². The van der Waals surface area contributed by atoms with Gasteiger partial charge < -0.3 is 4.74 Å². The second-order valence-electron chi connectivity index (χ2n) is 7.52. The van der Waals surface area contributed by atoms with Crippen molar-refractivity contribution in [2.75, 3.05) is 0 Å². The number of benzene rings is 2. The van der Waals surface area contributed by atoms with Gasteiger partial charge in [0.05, 0.1) is 24.8 Å². The van der Waals surface area contributed by atoms with Crippen LogP contribution >= 0.6 is 0 Å². The highest BCUT2D eigenvalue weighted by molar-refractivity contribution is 5.23. The average molecular weight is 361 g/mol. The Bertz CT molecular complexity index is 972. The van der Waals surface area contributed by atoms with E-state index in [1.807, 2.05) is 41.0 Å². The van der Waals surface area contributed by atoms with Crippen molar-refractivity contribution in [1.82, 2.24) is 14.3 Å². The molecule has 3 aromatic rings. The van der Waals surface area contributed by atoms with Crippen LogP contribution in [0.2, 0.25) is 0 Å². The molecule has 0 bridgehead atoms. The lowest BCUT2D eigenvalue weighted by atomic mass is 9.89. The van der Waals surface area contributed by atoms with Crippen molar-refractivity contribution in [1.29, 1.82) is 0 Å². The van der Waals surface area contributed by atoms with Crippen LogP contribution in [0.3, 0.4) is 0 Å². The van der Waals surface area contributed by atoms with Gasteiger partial charge in [0.25, 0.3) is 0 Å². The summed E-state index contributed by atoms with van der Waals surface area (Å²) in [4.78, 5) is 13.0. The van der Waals surface area contributed by atoms with Crippen molar-refractivity contribution in [3.63, 3.8) is 0 Å². The van der Waals surface area contributed by atoms with Gasteiger partial charge in [-0.3, -0.25) is 4.57 Å². The van der Waals surface area contributed by atoms with Gasteiger partial charge in [0, 0.05) is 6.42 Å². The first-order valence-electron chi connectivity index (χ1n) is 9.70. The minimum absolute atomic E-state index is 0.0304. The minimum atomic E-state index is 0.0304. The molecular formula is C22H23N3O2. The maximum atomic E-state index is 13.0. The predicted octanol–water partition coefficient (Wildman–Crippen LogP) is 3.50. The fourth-order valence-corrected chi connectivity index (χ4v) is 4.21. The van der Waals surface area contributed by atoms with E-state index >= 15 is 0 Å². The van der Waals surface area contributed by atoms with E-state index in [1.54, 1.807) is 4.68 Å². The SMILES string of the molecule is O=c1n(C2CC(OCc3ccccc3)C2)nc2n1[C@H](c1ccccc1)CC2. The molecule has 0 saturated heterocycles. The zero-order valence-electron chi connectivity index (χ0n) is 15.2. The van der Waals surface area contributed by atoms with E-state index in [9.17, 15) is 4.79 Å². The first kappa shape index (κ1) is 16.5. The Morgan fingerprint density at radius 3 is 2.44 bits per heavy atom. The van der Waals surface area contributed by atoms with Crippen LogP contribution in [0.15, 0.2) is 65.5 Å². The number of ether oxygens (including phenoxy) is 1. The molecule has 0 amide bonds. The molecule has 2 aliphatic rings. The zero-order valence-corrected chi connectivity index (χ0v) is 15.2. The molecule has 0 N–H and O–H groups in total. The molecule has 1 aliphatic heterocycles. The molecule has 5 heteroatoms. The van der Waals surface area contributed by atoms with Gasteiger partial charge in [-0.1, -0.05) is 60.7 Å². The zero-order chi connectivity index (χ0) is 18.2. The first-order chi connectivity index (χ1) is 13.3. The third-order valence-electron chi connectivity index (χ3n) is 5.79. The van der Waals surface area contributed by atoms with Crippen LogP contribution in [0, 0.1) is 0 Å². The molecule has 1 aliphatic carbocycles. The van der Waals surface area contributed by atoms with Crippen LogP contribution in [0.5, 0.6) is 0 Å². The molecule has 5 rings (SSSR count). The second-order valence-corrected chi connectivity index (χ2v) is 7.52. The predicted molar refractivity (Wildman–Crippen MR) is 103 cm³/mol. The van der Waals surface area contributed by atoms with Crippen LogP contribution < -0.4 is 5.69 Å². The molecule has 0 unspecified atom stereocenters. The lowest BCUT2D eigenvalue weighted by Gasteiger charge is -2.34. The monoisotopic (exact) mass is 361 g/mol. The third kappa shape index (κ3) is 3.02. The summed E-state index contributed by atoms with van der Waals surface area (Å²) in [5, 5.41) is 4.65. The minimum Gasteiger partial charge on any atom is -0.373 e. The van der Waals surface area contributed by atoms with Gasteiger partial charge in [-0.2, -0.15) is 5.10 Å². The van der Waals surface area contributed by atoms with E-state index in [0.29, 0.717) is 6.61 Å². The Morgan fingerprint density at radius 2 is 1.70 bits per heavy atom. The topological polar surface area (TPSA) is 49.1 Å². The smallest absolute Gasteiger partial charge is 0.346 e. The Hall–Kier alpha value is -2.66. The van der Waals surface area contributed by atoms with E-state index in [1.165, 1.54) is 11.1 Å². The largest absolute Gasteiger partial charge is 0.373 e. The molecule has 2 heterocycles. The second kappa shape index (κ2) is 6.82. The lowest BCUT2D eigenvalue weighted by Crippen LogP contribution is -2.39. The number of nitrogens with zero attached hydrogens (tertiary/aromatic N) is 3. The number of hydrogen-bond donors (Lipinski definition) is 0. The number of hydrogen-bond acceptors (Lipinski definition) is 3. The van der Waals surface area contributed by atoms with Crippen molar-refractivity contribution < 1.29 is 4.74 Å². The number of aromatic nitrogens is 3. The molecule has 1 fully saturated rings. The van der Waals surface area contributed by atoms with E-state index < -0.39 is 0 Å². The molecule has 138 valence electrons. The molecule has 0 spiro atoms. The van der Waals surface area contributed by atoms with Crippen LogP contribution in [-0.2, 0) is 17.8 Å². The van der Waals surface area contributed by atoms with Gasteiger partial charge in [0.2, 0.25) is 0 Å². The number of aryl methyl sites for hydroxylation is 1. The first-order valence-corrected chi connectivity index (χ1v) is 9.70. The Morgan fingerprint density at radius 1 is 1.00 bits per heavy atom. The summed E-state index contributed by atoms with van der Waals surface area (Å²) in [6, 6.07) is 20.8. The quantitative estimate of drug-likeness (QED) is 0.699. The fraction of sp³-hybridized carbons (Fsp3) is 0.364. The average Bonchev–Trinajstić information content (AvgIpc) is 3.23. The maximum Gasteiger partial charge on any atom is 0.346 e. The van der Waals surface area contributed by atoms with Gasteiger partial charge in [0.15, 0.2) is 0 Å². The molecule has 2 aromatic carbocycles. The fourth-order valence-electron chi connectivity index (χ4n) is 4.21. The summed E-state index contributed by atoms with van der Waals surface area (Å²) < 4.78 is 9.57. The third-order valence-corrected chi connectivity index (χ3v) is 5.79. The number of fused-ring (bicyclic) bond motifs is 1. The summed E-state index contributed by atoms with van der Waals surface area (Å²) >= 11 is 0. The van der Waals surface area contributed by atoms with Gasteiger partial charge in [-0.25, -0.2) is 9.48 Å². The highest BCUT2D eigenvalue weighted by Crippen LogP contribution is 2.35. The summed E-state index contributed by atoms with van der Waals surface area (Å²) in [5.41, 5.74) is 2.41. The van der Waals surface area contributed by atoms with E-state index in [0.717, 1.165) is 31.5 Å². The Kier molecular flexibility index (Phi) is 4.17. The van der Waals surface area contributed by atoms with Crippen molar-refractivity contribution >= 4 is 0 Å². The van der Waals surface area contributed by atoms with Gasteiger partial charge in [-0.15, -0.1) is 0 Å². The van der Waals surface area contributed by atoms with Crippen LogP contribution in [0.1, 0.15) is 48.3 Å². The molecular weight excluding hydrogens is 338 g/mol. The molecule has 27 heavy (non-hydrogen) atoms. The Balaban J connectivity index is 1.26. The highest BCUT2D eigenvalue weighted by atomic mass is 16.5. The van der Waals surface area contributed by atoms with Crippen LogP contribution in [0.4, 0.5) is 0 Å². The summed E-state index contributed by atoms with van der Waals surface area (Å²) in [6.45, 7) is 0.628. The van der Waals surface area contributed by atoms with Crippen molar-refractivity contribution in [3.05, 3.63) is 88.1 Å². The highest BCUT2D eigenvalue weighted by Gasteiger charge is 2.36. The summed E-state index contributed by atoms with van der Waals surface area (Å²) in [5.74, 6) is 0.919. The van der Waals surface area contributed by atoms with Gasteiger partial charge in [0.1, 0.15) is 5.82 Å². The standard InChI is InChI=1S/C22H23N3O2/c26-22-24-20(17-9-5-2-6-10-17)11-12-21(24)23-25(22)18-13-19(14-18)27-15-16-7-3-1-4-8-16/h1-10,18-20H,11-15H2/t18?,19?,20-/m0/s1. The number of rotatable bonds is 5. The van der Waals surface area contributed by atoms with Crippen LogP contribution in [-0.4, -0.2) is 20.5 Å². The molecule has 1 saturated carbocycles. The summed E-state index contributed by atoms with van der Waals surface area (Å²) in [7, 11) is 0. The van der Waals surface area contributed by atoms with Crippen molar-refractivity contribution in [3.8, 4) is 0 Å². The van der Waals surface area contributed by atoms with Crippen LogP contribution in [0.25, 0.3) is 0 Å². The molecule has 0 radical (unpaired) electrons. The Labute approximate surface area is 158 Å².